The molecular weight excluding hydrogens is 256 g/mol. The lowest BCUT2D eigenvalue weighted by Gasteiger charge is -2.23. The summed E-state index contributed by atoms with van der Waals surface area (Å²) in [6, 6.07) is 5.48. The maximum atomic E-state index is 11.4. The number of primary amides is 1. The number of nitrogens with two attached hydrogens (primary N) is 1. The normalized spacial score (nSPS) is 12.9. The Morgan fingerprint density at radius 2 is 2.07 bits per heavy atom. The fourth-order valence-electron chi connectivity index (χ4n) is 1.59. The summed E-state index contributed by atoms with van der Waals surface area (Å²) < 4.78 is 0.955. The van der Waals surface area contributed by atoms with Crippen LogP contribution in [0.4, 0.5) is 0 Å². The predicted octanol–water partition coefficient (Wildman–Crippen LogP) is 1.85. The summed E-state index contributed by atoms with van der Waals surface area (Å²) in [5.41, 5.74) is 7.40. The molecule has 0 fully saturated rings. The molecule has 0 aliphatic carbocycles. The monoisotopic (exact) mass is 270 g/mol. The average Bonchev–Trinajstić information content (AvgIpc) is 2.10. The molecule has 0 aromatic heterocycles. The van der Waals surface area contributed by atoms with E-state index >= 15 is 0 Å². The number of nitrogens with zero attached hydrogens (tertiary/aromatic N) is 1. The number of aryl methyl sites for hydroxylation is 1. The molecule has 0 spiro atoms. The highest BCUT2D eigenvalue weighted by atomic mass is 79.9. The molecule has 0 saturated carbocycles. The minimum Gasteiger partial charge on any atom is -0.368 e. The Bertz CT molecular complexity index is 377. The van der Waals surface area contributed by atoms with Crippen LogP contribution in [0.3, 0.4) is 0 Å². The standard InChI is InChI=1S/C11H15BrN2O/c1-7-4-5-8(12)6-9(7)10(11(13)15)14(2)3/h4-6,10H,1-3H3,(H2,13,15). The largest absolute Gasteiger partial charge is 0.368 e. The fraction of sp³-hybridized carbons (Fsp3) is 0.364. The molecule has 1 unspecified atom stereocenters. The van der Waals surface area contributed by atoms with Gasteiger partial charge in [0.25, 0.3) is 0 Å². The second-order valence-electron chi connectivity index (χ2n) is 3.77. The molecule has 0 saturated heterocycles. The summed E-state index contributed by atoms with van der Waals surface area (Å²) in [6.07, 6.45) is 0. The molecule has 1 atom stereocenters. The summed E-state index contributed by atoms with van der Waals surface area (Å²) in [5, 5.41) is 0. The van der Waals surface area contributed by atoms with E-state index in [0.717, 1.165) is 15.6 Å². The van der Waals surface area contributed by atoms with Crippen molar-refractivity contribution in [2.24, 2.45) is 5.73 Å². The molecule has 1 aromatic rings. The van der Waals surface area contributed by atoms with Crippen molar-refractivity contribution >= 4 is 21.8 Å². The minimum atomic E-state index is -0.373. The van der Waals surface area contributed by atoms with E-state index in [4.69, 9.17) is 5.73 Å². The van der Waals surface area contributed by atoms with E-state index in [1.54, 1.807) is 0 Å². The van der Waals surface area contributed by atoms with E-state index in [1.807, 2.05) is 44.1 Å². The summed E-state index contributed by atoms with van der Waals surface area (Å²) in [7, 11) is 3.69. The van der Waals surface area contributed by atoms with Crippen LogP contribution in [-0.2, 0) is 4.79 Å². The summed E-state index contributed by atoms with van der Waals surface area (Å²) in [4.78, 5) is 13.2. The van der Waals surface area contributed by atoms with Gasteiger partial charge >= 0.3 is 0 Å². The number of hydrogen-bond donors (Lipinski definition) is 1. The Kier molecular flexibility index (Phi) is 3.88. The molecule has 82 valence electrons. The van der Waals surface area contributed by atoms with E-state index in [9.17, 15) is 4.79 Å². The molecule has 1 rings (SSSR count). The Morgan fingerprint density at radius 1 is 1.47 bits per heavy atom. The molecular formula is C11H15BrN2O. The van der Waals surface area contributed by atoms with Crippen LogP contribution >= 0.6 is 15.9 Å². The number of amides is 1. The van der Waals surface area contributed by atoms with Crippen LogP contribution in [0.2, 0.25) is 0 Å². The Hall–Kier alpha value is -0.870. The minimum absolute atomic E-state index is 0.332. The fourth-order valence-corrected chi connectivity index (χ4v) is 1.97. The van der Waals surface area contributed by atoms with Crippen LogP contribution in [-0.4, -0.2) is 24.9 Å². The van der Waals surface area contributed by atoms with Gasteiger partial charge in [-0.25, -0.2) is 0 Å². The lowest BCUT2D eigenvalue weighted by atomic mass is 10.0. The number of rotatable bonds is 3. The van der Waals surface area contributed by atoms with E-state index in [1.165, 1.54) is 0 Å². The van der Waals surface area contributed by atoms with Crippen LogP contribution < -0.4 is 5.73 Å². The molecule has 0 bridgehead atoms. The molecule has 4 heteroatoms. The lowest BCUT2D eigenvalue weighted by molar-refractivity contribution is -0.122. The third kappa shape index (κ3) is 2.79. The van der Waals surface area contributed by atoms with Gasteiger partial charge in [-0.15, -0.1) is 0 Å². The summed E-state index contributed by atoms with van der Waals surface area (Å²) in [6.45, 7) is 1.97. The van der Waals surface area contributed by atoms with E-state index < -0.39 is 0 Å². The molecule has 3 nitrogen and oxygen atoms in total. The molecule has 1 amide bonds. The van der Waals surface area contributed by atoms with Crippen molar-refractivity contribution < 1.29 is 4.79 Å². The molecule has 2 N–H and O–H groups in total. The zero-order valence-electron chi connectivity index (χ0n) is 9.12. The summed E-state index contributed by atoms with van der Waals surface area (Å²) in [5.74, 6) is -0.332. The van der Waals surface area contributed by atoms with Gasteiger partial charge in [0, 0.05) is 4.47 Å². The van der Waals surface area contributed by atoms with Gasteiger partial charge in [-0.3, -0.25) is 9.69 Å². The van der Waals surface area contributed by atoms with Crippen molar-refractivity contribution in [2.45, 2.75) is 13.0 Å². The van der Waals surface area contributed by atoms with Gasteiger partial charge in [0.05, 0.1) is 0 Å². The highest BCUT2D eigenvalue weighted by Crippen LogP contribution is 2.25. The average molecular weight is 271 g/mol. The zero-order valence-corrected chi connectivity index (χ0v) is 10.7. The highest BCUT2D eigenvalue weighted by Gasteiger charge is 2.21. The predicted molar refractivity (Wildman–Crippen MR) is 64.5 cm³/mol. The van der Waals surface area contributed by atoms with Crippen LogP contribution in [0.25, 0.3) is 0 Å². The maximum Gasteiger partial charge on any atom is 0.239 e. The van der Waals surface area contributed by atoms with E-state index in [0.29, 0.717) is 0 Å². The number of halogens is 1. The first kappa shape index (κ1) is 12.2. The molecule has 1 aromatic carbocycles. The molecule has 0 aliphatic rings. The molecule has 15 heavy (non-hydrogen) atoms. The van der Waals surface area contributed by atoms with E-state index in [2.05, 4.69) is 15.9 Å². The molecule has 0 aliphatic heterocycles. The molecule has 0 heterocycles. The van der Waals surface area contributed by atoms with Gasteiger partial charge in [-0.2, -0.15) is 0 Å². The van der Waals surface area contributed by atoms with Crippen molar-refractivity contribution in [3.05, 3.63) is 33.8 Å². The van der Waals surface area contributed by atoms with Gasteiger partial charge in [0.1, 0.15) is 6.04 Å². The topological polar surface area (TPSA) is 46.3 Å². The van der Waals surface area contributed by atoms with Crippen molar-refractivity contribution in [2.75, 3.05) is 14.1 Å². The lowest BCUT2D eigenvalue weighted by Crippen LogP contribution is -2.33. The van der Waals surface area contributed by atoms with Gasteiger partial charge in [-0.05, 0) is 44.3 Å². The van der Waals surface area contributed by atoms with Crippen LogP contribution in [0, 0.1) is 6.92 Å². The van der Waals surface area contributed by atoms with Crippen LogP contribution in [0.1, 0.15) is 17.2 Å². The SMILES string of the molecule is Cc1ccc(Br)cc1C(C(N)=O)N(C)C. The number of likely N-dealkylation sites (N-methyl/N-ethyl adjacent to an activating group) is 1. The number of carbonyl (C=O) groups is 1. The smallest absolute Gasteiger partial charge is 0.239 e. The third-order valence-electron chi connectivity index (χ3n) is 2.32. The second-order valence-corrected chi connectivity index (χ2v) is 4.69. The number of hydrogen-bond acceptors (Lipinski definition) is 2. The van der Waals surface area contributed by atoms with Gasteiger partial charge in [0.15, 0.2) is 0 Å². The Labute approximate surface area is 98.4 Å². The quantitative estimate of drug-likeness (QED) is 0.911. The number of benzene rings is 1. The first-order valence-electron chi connectivity index (χ1n) is 4.65. The summed E-state index contributed by atoms with van der Waals surface area (Å²) >= 11 is 3.39. The van der Waals surface area contributed by atoms with Crippen molar-refractivity contribution in [1.29, 1.82) is 0 Å². The first-order valence-corrected chi connectivity index (χ1v) is 5.44. The van der Waals surface area contributed by atoms with Crippen LogP contribution in [0.15, 0.2) is 22.7 Å². The highest BCUT2D eigenvalue weighted by molar-refractivity contribution is 9.10. The maximum absolute atomic E-state index is 11.4. The van der Waals surface area contributed by atoms with E-state index in [-0.39, 0.29) is 11.9 Å². The van der Waals surface area contributed by atoms with Crippen molar-refractivity contribution in [3.63, 3.8) is 0 Å². The van der Waals surface area contributed by atoms with Crippen molar-refractivity contribution in [1.82, 2.24) is 4.90 Å². The molecule has 0 radical (unpaired) electrons. The number of carbonyl (C=O) groups excluding carboxylic acids is 1. The van der Waals surface area contributed by atoms with Gasteiger partial charge < -0.3 is 5.73 Å². The van der Waals surface area contributed by atoms with Crippen LogP contribution in [0.5, 0.6) is 0 Å². The Morgan fingerprint density at radius 3 is 2.53 bits per heavy atom. The second kappa shape index (κ2) is 4.77. The Balaban J connectivity index is 3.22. The van der Waals surface area contributed by atoms with Crippen molar-refractivity contribution in [3.8, 4) is 0 Å². The first-order chi connectivity index (χ1) is 6.93. The van der Waals surface area contributed by atoms with Gasteiger partial charge in [0.2, 0.25) is 5.91 Å². The van der Waals surface area contributed by atoms with Gasteiger partial charge in [-0.1, -0.05) is 22.0 Å². The zero-order chi connectivity index (χ0) is 11.6. The third-order valence-corrected chi connectivity index (χ3v) is 2.82.